The number of benzene rings is 1. The lowest BCUT2D eigenvalue weighted by atomic mass is 10.00. The van der Waals surface area contributed by atoms with Crippen molar-refractivity contribution in [1.29, 1.82) is 0 Å². The maximum atomic E-state index is 12.5. The summed E-state index contributed by atoms with van der Waals surface area (Å²) in [5.74, 6) is 0.300. The number of rotatable bonds is 8. The van der Waals surface area contributed by atoms with Gasteiger partial charge in [-0.1, -0.05) is 20.8 Å². The zero-order chi connectivity index (χ0) is 20.8. The molecule has 1 aromatic rings. The third kappa shape index (κ3) is 5.93. The van der Waals surface area contributed by atoms with E-state index in [0.717, 1.165) is 57.8 Å². The maximum Gasteiger partial charge on any atom is 0.251 e. The van der Waals surface area contributed by atoms with E-state index in [1.54, 1.807) is 6.07 Å². The molecule has 0 radical (unpaired) electrons. The molecule has 160 valence electrons. The smallest absolute Gasteiger partial charge is 0.251 e. The Balaban J connectivity index is 1.45. The second-order valence-corrected chi connectivity index (χ2v) is 8.46. The van der Waals surface area contributed by atoms with Crippen LogP contribution in [0.5, 0.6) is 0 Å². The minimum absolute atomic E-state index is 0.0353. The van der Waals surface area contributed by atoms with Crippen molar-refractivity contribution in [3.8, 4) is 0 Å². The SMILES string of the molecule is CCN1CCN(CCCNC(=O)c2ccc3c(c2)NC(=O)[C@H](CC(C)C)N3)CC1. The van der Waals surface area contributed by atoms with Crippen molar-refractivity contribution in [2.45, 2.75) is 39.7 Å². The molecule has 0 bridgehead atoms. The highest BCUT2D eigenvalue weighted by Crippen LogP contribution is 2.29. The van der Waals surface area contributed by atoms with Crippen LogP contribution >= 0.6 is 0 Å². The number of nitrogens with one attached hydrogen (secondary N) is 3. The summed E-state index contributed by atoms with van der Waals surface area (Å²) < 4.78 is 0. The summed E-state index contributed by atoms with van der Waals surface area (Å²) in [6.07, 6.45) is 1.72. The average molecular weight is 402 g/mol. The van der Waals surface area contributed by atoms with E-state index >= 15 is 0 Å². The number of carbonyl (C=O) groups is 2. The molecule has 2 aliphatic heterocycles. The Morgan fingerprint density at radius 1 is 1.17 bits per heavy atom. The minimum Gasteiger partial charge on any atom is -0.372 e. The molecule has 0 aromatic heterocycles. The molecule has 2 amide bonds. The first-order valence-corrected chi connectivity index (χ1v) is 10.9. The summed E-state index contributed by atoms with van der Waals surface area (Å²) in [6.45, 7) is 13.7. The second-order valence-electron chi connectivity index (χ2n) is 8.46. The number of carbonyl (C=O) groups excluding carboxylic acids is 2. The van der Waals surface area contributed by atoms with Gasteiger partial charge < -0.3 is 25.8 Å². The molecule has 29 heavy (non-hydrogen) atoms. The van der Waals surface area contributed by atoms with E-state index in [-0.39, 0.29) is 17.9 Å². The maximum absolute atomic E-state index is 12.5. The summed E-state index contributed by atoms with van der Waals surface area (Å²) >= 11 is 0. The minimum atomic E-state index is -0.221. The molecule has 1 fully saturated rings. The van der Waals surface area contributed by atoms with Gasteiger partial charge in [0.2, 0.25) is 5.91 Å². The van der Waals surface area contributed by atoms with Gasteiger partial charge in [-0.3, -0.25) is 9.59 Å². The number of anilines is 2. The number of fused-ring (bicyclic) bond motifs is 1. The van der Waals surface area contributed by atoms with Crippen molar-refractivity contribution in [3.05, 3.63) is 23.8 Å². The summed E-state index contributed by atoms with van der Waals surface area (Å²) in [5, 5.41) is 9.23. The Kier molecular flexibility index (Phi) is 7.50. The van der Waals surface area contributed by atoms with Gasteiger partial charge in [0.1, 0.15) is 6.04 Å². The predicted octanol–water partition coefficient (Wildman–Crippen LogP) is 2.22. The normalized spacial score (nSPS) is 20.1. The first-order chi connectivity index (χ1) is 14.0. The van der Waals surface area contributed by atoms with Gasteiger partial charge in [0.05, 0.1) is 11.4 Å². The monoisotopic (exact) mass is 401 g/mol. The topological polar surface area (TPSA) is 76.7 Å². The number of piperazine rings is 1. The molecule has 2 aliphatic rings. The molecule has 1 saturated heterocycles. The molecule has 3 rings (SSSR count). The largest absolute Gasteiger partial charge is 0.372 e. The fourth-order valence-corrected chi connectivity index (χ4v) is 3.96. The zero-order valence-corrected chi connectivity index (χ0v) is 18.0. The fraction of sp³-hybridized carbons (Fsp3) is 0.636. The number of amides is 2. The highest BCUT2D eigenvalue weighted by Gasteiger charge is 2.26. The van der Waals surface area contributed by atoms with Crippen molar-refractivity contribution in [1.82, 2.24) is 15.1 Å². The summed E-state index contributed by atoms with van der Waals surface area (Å²) in [6, 6.07) is 5.23. The van der Waals surface area contributed by atoms with E-state index < -0.39 is 0 Å². The Labute approximate surface area is 174 Å². The van der Waals surface area contributed by atoms with Crippen LogP contribution in [-0.4, -0.2) is 73.5 Å². The van der Waals surface area contributed by atoms with Crippen LogP contribution in [0, 0.1) is 5.92 Å². The summed E-state index contributed by atoms with van der Waals surface area (Å²) in [4.78, 5) is 29.7. The molecule has 0 saturated carbocycles. The van der Waals surface area contributed by atoms with Gasteiger partial charge in [-0.2, -0.15) is 0 Å². The van der Waals surface area contributed by atoms with E-state index in [9.17, 15) is 9.59 Å². The Morgan fingerprint density at radius 3 is 2.59 bits per heavy atom. The predicted molar refractivity (Wildman–Crippen MR) is 117 cm³/mol. The molecule has 1 atom stereocenters. The van der Waals surface area contributed by atoms with Crippen molar-refractivity contribution >= 4 is 23.2 Å². The van der Waals surface area contributed by atoms with Crippen molar-refractivity contribution in [2.24, 2.45) is 5.92 Å². The van der Waals surface area contributed by atoms with Gasteiger partial charge in [-0.15, -0.1) is 0 Å². The number of hydrogen-bond donors (Lipinski definition) is 3. The second kappa shape index (κ2) is 10.1. The van der Waals surface area contributed by atoms with Crippen LogP contribution in [0.4, 0.5) is 11.4 Å². The molecule has 2 heterocycles. The summed E-state index contributed by atoms with van der Waals surface area (Å²) in [5.41, 5.74) is 2.12. The van der Waals surface area contributed by atoms with E-state index in [1.807, 2.05) is 12.1 Å². The first kappa shape index (κ1) is 21.6. The lowest BCUT2D eigenvalue weighted by Gasteiger charge is -2.33. The lowest BCUT2D eigenvalue weighted by molar-refractivity contribution is -0.117. The van der Waals surface area contributed by atoms with Crippen molar-refractivity contribution in [2.75, 3.05) is 56.4 Å². The highest BCUT2D eigenvalue weighted by atomic mass is 16.2. The van der Waals surface area contributed by atoms with Crippen LogP contribution in [0.3, 0.4) is 0 Å². The van der Waals surface area contributed by atoms with E-state index in [1.165, 1.54) is 0 Å². The number of nitrogens with zero attached hydrogens (tertiary/aromatic N) is 2. The fourth-order valence-electron chi connectivity index (χ4n) is 3.96. The summed E-state index contributed by atoms with van der Waals surface area (Å²) in [7, 11) is 0. The zero-order valence-electron chi connectivity index (χ0n) is 18.0. The van der Waals surface area contributed by atoms with Crippen LogP contribution in [-0.2, 0) is 4.79 Å². The van der Waals surface area contributed by atoms with Crippen LogP contribution in [0.25, 0.3) is 0 Å². The van der Waals surface area contributed by atoms with Gasteiger partial charge in [0, 0.05) is 38.3 Å². The molecular formula is C22H35N5O2. The standard InChI is InChI=1S/C22H35N5O2/c1-4-26-10-12-27(13-11-26)9-5-8-23-21(28)17-6-7-18-19(15-17)25-22(29)20(24-18)14-16(2)3/h6-7,15-16,20,24H,4-5,8-14H2,1-3H3,(H,23,28)(H,25,29)/t20-/m0/s1. The molecule has 3 N–H and O–H groups in total. The molecule has 7 nitrogen and oxygen atoms in total. The van der Waals surface area contributed by atoms with Crippen LogP contribution in [0.2, 0.25) is 0 Å². The average Bonchev–Trinajstić information content (AvgIpc) is 2.71. The van der Waals surface area contributed by atoms with Gasteiger partial charge in [0.15, 0.2) is 0 Å². The van der Waals surface area contributed by atoms with Gasteiger partial charge in [0.25, 0.3) is 5.91 Å². The Morgan fingerprint density at radius 2 is 1.90 bits per heavy atom. The highest BCUT2D eigenvalue weighted by molar-refractivity contribution is 6.05. The number of hydrogen-bond acceptors (Lipinski definition) is 5. The third-order valence-corrected chi connectivity index (χ3v) is 5.74. The molecule has 0 spiro atoms. The van der Waals surface area contributed by atoms with Crippen LogP contribution in [0.15, 0.2) is 18.2 Å². The number of likely N-dealkylation sites (N-methyl/N-ethyl adjacent to an activating group) is 1. The molecule has 1 aromatic carbocycles. The quantitative estimate of drug-likeness (QED) is 0.583. The molecule has 0 unspecified atom stereocenters. The van der Waals surface area contributed by atoms with Crippen molar-refractivity contribution in [3.63, 3.8) is 0 Å². The Bertz CT molecular complexity index is 713. The van der Waals surface area contributed by atoms with Crippen molar-refractivity contribution < 1.29 is 9.59 Å². The third-order valence-electron chi connectivity index (χ3n) is 5.74. The molecule has 0 aliphatic carbocycles. The van der Waals surface area contributed by atoms with Crippen LogP contribution in [0.1, 0.15) is 44.0 Å². The van der Waals surface area contributed by atoms with Gasteiger partial charge in [-0.25, -0.2) is 0 Å². The van der Waals surface area contributed by atoms with Gasteiger partial charge >= 0.3 is 0 Å². The molecule has 7 heteroatoms. The van der Waals surface area contributed by atoms with E-state index in [0.29, 0.717) is 23.7 Å². The van der Waals surface area contributed by atoms with E-state index in [4.69, 9.17) is 0 Å². The Hall–Kier alpha value is -2.12. The first-order valence-electron chi connectivity index (χ1n) is 10.9. The van der Waals surface area contributed by atoms with Gasteiger partial charge in [-0.05, 0) is 50.0 Å². The molecular weight excluding hydrogens is 366 g/mol. The van der Waals surface area contributed by atoms with Crippen LogP contribution < -0.4 is 16.0 Å². The van der Waals surface area contributed by atoms with E-state index in [2.05, 4.69) is 46.5 Å². The lowest BCUT2D eigenvalue weighted by Crippen LogP contribution is -2.46.